The molecule has 0 bridgehead atoms. The number of nitrogens with zero attached hydrogens (tertiary/aromatic N) is 3. The lowest BCUT2D eigenvalue weighted by atomic mass is 9.96. The van der Waals surface area contributed by atoms with Gasteiger partial charge in [0.05, 0.1) is 16.8 Å². The molecule has 2 heterocycles. The van der Waals surface area contributed by atoms with Gasteiger partial charge in [-0.2, -0.15) is 0 Å². The van der Waals surface area contributed by atoms with Gasteiger partial charge in [0.2, 0.25) is 0 Å². The highest BCUT2D eigenvalue weighted by atomic mass is 32.1. The molecule has 2 aliphatic rings. The van der Waals surface area contributed by atoms with Crippen LogP contribution in [0.3, 0.4) is 0 Å². The fourth-order valence-corrected chi connectivity index (χ4v) is 5.43. The minimum atomic E-state index is -0.154. The van der Waals surface area contributed by atoms with Gasteiger partial charge < -0.3 is 10.6 Å². The number of unbranched alkanes of at least 4 members (excludes halogenated alkanes) is 1. The van der Waals surface area contributed by atoms with E-state index in [1.165, 1.54) is 15.5 Å². The predicted octanol–water partition coefficient (Wildman–Crippen LogP) is 3.37. The molecule has 0 saturated heterocycles. The maximum atomic E-state index is 12.5. The molecular formula is C22H28N4O2S. The summed E-state index contributed by atoms with van der Waals surface area (Å²) in [4.78, 5) is 34.7. The average Bonchev–Trinajstić information content (AvgIpc) is 3.21. The molecule has 1 aromatic carbocycles. The zero-order chi connectivity index (χ0) is 20.4. The van der Waals surface area contributed by atoms with Crippen LogP contribution < -0.4 is 5.73 Å². The summed E-state index contributed by atoms with van der Waals surface area (Å²) in [5, 5.41) is 0.679. The maximum absolute atomic E-state index is 12.5. The number of hydrogen-bond acceptors (Lipinski definition) is 6. The number of fused-ring (bicyclic) bond motifs is 2. The number of hydrogen-bond donors (Lipinski definition) is 1. The summed E-state index contributed by atoms with van der Waals surface area (Å²) in [7, 11) is 0. The van der Waals surface area contributed by atoms with E-state index in [1.54, 1.807) is 23.5 Å². The molecule has 1 aliphatic heterocycles. The van der Waals surface area contributed by atoms with Crippen LogP contribution >= 0.6 is 11.3 Å². The fraction of sp³-hybridized carbons (Fsp3) is 0.500. The number of imide groups is 1. The summed E-state index contributed by atoms with van der Waals surface area (Å²) < 4.78 is 0. The molecule has 0 unspecified atom stereocenters. The highest BCUT2D eigenvalue weighted by Gasteiger charge is 2.34. The van der Waals surface area contributed by atoms with Gasteiger partial charge in [-0.25, -0.2) is 4.98 Å². The van der Waals surface area contributed by atoms with Gasteiger partial charge in [0, 0.05) is 17.5 Å². The first-order valence-electron chi connectivity index (χ1n) is 10.5. The lowest BCUT2D eigenvalue weighted by molar-refractivity contribution is 0.0649. The molecule has 2 N–H and O–H groups in total. The number of aromatic nitrogens is 1. The number of rotatable bonds is 8. The summed E-state index contributed by atoms with van der Waals surface area (Å²) in [5.41, 5.74) is 8.14. The quantitative estimate of drug-likeness (QED) is 0.531. The number of carbonyl (C=O) groups is 2. The van der Waals surface area contributed by atoms with Gasteiger partial charge >= 0.3 is 0 Å². The van der Waals surface area contributed by atoms with Crippen LogP contribution in [0, 0.1) is 0 Å². The van der Waals surface area contributed by atoms with E-state index in [0.717, 1.165) is 51.6 Å². The first kappa shape index (κ1) is 20.0. The van der Waals surface area contributed by atoms with E-state index in [-0.39, 0.29) is 11.8 Å². The van der Waals surface area contributed by atoms with Gasteiger partial charge in [0.1, 0.15) is 0 Å². The predicted molar refractivity (Wildman–Crippen MR) is 115 cm³/mol. The number of nitrogen functional groups attached to an aromatic ring is 1. The van der Waals surface area contributed by atoms with Gasteiger partial charge in [-0.3, -0.25) is 14.5 Å². The van der Waals surface area contributed by atoms with Crippen molar-refractivity contribution in [3.8, 4) is 0 Å². The topological polar surface area (TPSA) is 79.5 Å². The zero-order valence-electron chi connectivity index (χ0n) is 16.9. The number of carbonyl (C=O) groups excluding carboxylic acids is 2. The number of benzene rings is 1. The van der Waals surface area contributed by atoms with Crippen molar-refractivity contribution in [3.05, 3.63) is 46.0 Å². The minimum Gasteiger partial charge on any atom is -0.375 e. The lowest BCUT2D eigenvalue weighted by Crippen LogP contribution is -2.40. The molecule has 0 spiro atoms. The molecule has 1 aromatic heterocycles. The van der Waals surface area contributed by atoms with Gasteiger partial charge in [0.25, 0.3) is 11.8 Å². The molecule has 6 nitrogen and oxygen atoms in total. The minimum absolute atomic E-state index is 0.154. The Morgan fingerprint density at radius 1 is 1.17 bits per heavy atom. The third-order valence-corrected chi connectivity index (χ3v) is 6.86. The second kappa shape index (κ2) is 8.63. The normalized spacial score (nSPS) is 18.4. The van der Waals surface area contributed by atoms with Crippen LogP contribution in [-0.4, -0.2) is 52.3 Å². The molecule has 0 radical (unpaired) electrons. The van der Waals surface area contributed by atoms with Crippen molar-refractivity contribution in [1.29, 1.82) is 0 Å². The molecule has 2 amide bonds. The third kappa shape index (κ3) is 4.07. The van der Waals surface area contributed by atoms with E-state index < -0.39 is 0 Å². The molecule has 4 rings (SSSR count). The number of anilines is 1. The monoisotopic (exact) mass is 412 g/mol. The van der Waals surface area contributed by atoms with Gasteiger partial charge in [0.15, 0.2) is 5.13 Å². The van der Waals surface area contributed by atoms with E-state index in [2.05, 4.69) is 16.8 Å². The second-order valence-corrected chi connectivity index (χ2v) is 8.98. The summed E-state index contributed by atoms with van der Waals surface area (Å²) >= 11 is 1.63. The Morgan fingerprint density at radius 3 is 2.59 bits per heavy atom. The van der Waals surface area contributed by atoms with E-state index >= 15 is 0 Å². The van der Waals surface area contributed by atoms with Crippen molar-refractivity contribution in [2.75, 3.05) is 25.4 Å². The van der Waals surface area contributed by atoms with Gasteiger partial charge in [-0.1, -0.05) is 19.1 Å². The summed E-state index contributed by atoms with van der Waals surface area (Å²) in [6.07, 6.45) is 6.07. The molecule has 29 heavy (non-hydrogen) atoms. The van der Waals surface area contributed by atoms with Crippen molar-refractivity contribution in [3.63, 3.8) is 0 Å². The lowest BCUT2D eigenvalue weighted by Gasteiger charge is -2.33. The van der Waals surface area contributed by atoms with Crippen LogP contribution in [-0.2, 0) is 12.8 Å². The zero-order valence-corrected chi connectivity index (χ0v) is 17.7. The molecule has 2 aromatic rings. The van der Waals surface area contributed by atoms with Crippen LogP contribution in [0.5, 0.6) is 0 Å². The number of nitrogens with two attached hydrogens (primary N) is 1. The van der Waals surface area contributed by atoms with E-state index in [9.17, 15) is 9.59 Å². The highest BCUT2D eigenvalue weighted by Crippen LogP contribution is 2.30. The molecule has 154 valence electrons. The fourth-order valence-electron chi connectivity index (χ4n) is 4.48. The van der Waals surface area contributed by atoms with Crippen LogP contribution in [0.1, 0.15) is 63.9 Å². The van der Waals surface area contributed by atoms with E-state index in [4.69, 9.17) is 5.73 Å². The van der Waals surface area contributed by atoms with Crippen molar-refractivity contribution < 1.29 is 9.59 Å². The Bertz CT molecular complexity index is 875. The summed E-state index contributed by atoms with van der Waals surface area (Å²) in [6.45, 7) is 4.77. The van der Waals surface area contributed by atoms with Crippen molar-refractivity contribution >= 4 is 28.3 Å². The smallest absolute Gasteiger partial charge is 0.261 e. The Labute approximate surface area is 175 Å². The van der Waals surface area contributed by atoms with Crippen molar-refractivity contribution in [2.45, 2.75) is 51.5 Å². The molecular weight excluding hydrogens is 384 g/mol. The number of thiazole rings is 1. The summed E-state index contributed by atoms with van der Waals surface area (Å²) in [5.74, 6) is -0.308. The molecule has 1 atom stereocenters. The first-order chi connectivity index (χ1) is 14.1. The number of amides is 2. The average molecular weight is 413 g/mol. The Balaban J connectivity index is 1.30. The van der Waals surface area contributed by atoms with Crippen LogP contribution in [0.2, 0.25) is 0 Å². The second-order valence-electron chi connectivity index (χ2n) is 7.87. The molecule has 0 fully saturated rings. The van der Waals surface area contributed by atoms with Gasteiger partial charge in [-0.15, -0.1) is 11.3 Å². The SMILES string of the molecule is CCCN(CCCCN1C(=O)c2ccccc2C1=O)[C@H]1CCc2nc(N)sc2C1. The standard InChI is InChI=1S/C22H28N4O2S/c1-2-11-25(15-9-10-18-19(14-15)29-22(23)24-18)12-5-6-13-26-20(27)16-7-3-4-8-17(16)21(26)28/h3-4,7-8,15H,2,5-6,9-14H2,1H3,(H2,23,24)/t15-/m0/s1. The van der Waals surface area contributed by atoms with E-state index in [0.29, 0.717) is 28.8 Å². The van der Waals surface area contributed by atoms with Crippen LogP contribution in [0.25, 0.3) is 0 Å². The number of aryl methyl sites for hydroxylation is 1. The Kier molecular flexibility index (Phi) is 5.96. The molecule has 0 saturated carbocycles. The highest BCUT2D eigenvalue weighted by molar-refractivity contribution is 7.15. The molecule has 7 heteroatoms. The molecule has 1 aliphatic carbocycles. The van der Waals surface area contributed by atoms with Crippen molar-refractivity contribution in [1.82, 2.24) is 14.8 Å². The van der Waals surface area contributed by atoms with Crippen LogP contribution in [0.15, 0.2) is 24.3 Å². The Morgan fingerprint density at radius 2 is 1.90 bits per heavy atom. The van der Waals surface area contributed by atoms with E-state index in [1.807, 2.05) is 12.1 Å². The summed E-state index contributed by atoms with van der Waals surface area (Å²) in [6, 6.07) is 7.62. The van der Waals surface area contributed by atoms with Crippen LogP contribution in [0.4, 0.5) is 5.13 Å². The largest absolute Gasteiger partial charge is 0.375 e. The first-order valence-corrected chi connectivity index (χ1v) is 11.3. The third-order valence-electron chi connectivity index (χ3n) is 5.91. The maximum Gasteiger partial charge on any atom is 0.261 e. The Hall–Kier alpha value is -2.25. The van der Waals surface area contributed by atoms with Crippen molar-refractivity contribution in [2.24, 2.45) is 0 Å². The van der Waals surface area contributed by atoms with Gasteiger partial charge in [-0.05, 0) is 63.7 Å².